The molecule has 0 N–H and O–H groups in total. The summed E-state index contributed by atoms with van der Waals surface area (Å²) in [6.07, 6.45) is 13.6. The molecule has 1 rings (SSSR count). The molecule has 0 fully saturated rings. The number of hydrogen-bond donors (Lipinski definition) is 0. The number of hydrogen-bond acceptors (Lipinski definition) is 4. The van der Waals surface area contributed by atoms with Crippen molar-refractivity contribution in [1.29, 1.82) is 0 Å². The summed E-state index contributed by atoms with van der Waals surface area (Å²) in [5.74, 6) is 0.933. The summed E-state index contributed by atoms with van der Waals surface area (Å²) in [5.41, 5.74) is 1.16. The molecule has 3 atom stereocenters. The third-order valence-electron chi connectivity index (χ3n) is 3.85. The molecule has 0 radical (unpaired) electrons. The van der Waals surface area contributed by atoms with E-state index in [1.165, 1.54) is 0 Å². The highest BCUT2D eigenvalue weighted by Gasteiger charge is 2.24. The van der Waals surface area contributed by atoms with Crippen LogP contribution in [-0.2, 0) is 9.59 Å². The maximum Gasteiger partial charge on any atom is 0.235 e. The highest BCUT2D eigenvalue weighted by atomic mass is 16.1. The van der Waals surface area contributed by atoms with Crippen LogP contribution < -0.4 is 0 Å². The zero-order valence-electron chi connectivity index (χ0n) is 12.2. The Labute approximate surface area is 120 Å². The molecule has 4 heteroatoms. The second-order valence-corrected chi connectivity index (χ2v) is 5.19. The van der Waals surface area contributed by atoms with Gasteiger partial charge in [0.05, 0.1) is 12.6 Å². The topological polar surface area (TPSA) is 58.9 Å². The van der Waals surface area contributed by atoms with Crippen molar-refractivity contribution in [2.24, 2.45) is 21.8 Å². The molecule has 0 aromatic rings. The predicted molar refractivity (Wildman–Crippen MR) is 78.9 cm³/mol. The lowest BCUT2D eigenvalue weighted by molar-refractivity contribution is 0.375. The molecule has 0 aromatic carbocycles. The molecule has 0 aromatic heterocycles. The lowest BCUT2D eigenvalue weighted by atomic mass is 9.78. The van der Waals surface area contributed by atoms with E-state index in [0.717, 1.165) is 31.3 Å². The van der Waals surface area contributed by atoms with Gasteiger partial charge in [-0.2, -0.15) is 4.99 Å². The summed E-state index contributed by atoms with van der Waals surface area (Å²) >= 11 is 0. The molecule has 0 saturated carbocycles. The van der Waals surface area contributed by atoms with Crippen LogP contribution in [0.1, 0.15) is 39.5 Å². The molecular weight excluding hydrogens is 252 g/mol. The molecule has 1 aliphatic rings. The van der Waals surface area contributed by atoms with E-state index in [1.807, 2.05) is 13.8 Å². The molecule has 3 unspecified atom stereocenters. The van der Waals surface area contributed by atoms with Crippen molar-refractivity contribution >= 4 is 12.2 Å². The van der Waals surface area contributed by atoms with Crippen molar-refractivity contribution in [2.45, 2.75) is 45.6 Å². The SMILES string of the molecule is C/C=C/C(CCCN=C=O)C1C=C(C)C(N=C=O)CC1. The van der Waals surface area contributed by atoms with Gasteiger partial charge in [-0.3, -0.25) is 0 Å². The van der Waals surface area contributed by atoms with Gasteiger partial charge in [-0.25, -0.2) is 14.6 Å². The Morgan fingerprint density at radius 1 is 1.40 bits per heavy atom. The maximum atomic E-state index is 10.4. The predicted octanol–water partition coefficient (Wildman–Crippen LogP) is 3.36. The van der Waals surface area contributed by atoms with Crippen molar-refractivity contribution in [3.05, 3.63) is 23.8 Å². The lowest BCUT2D eigenvalue weighted by Crippen LogP contribution is -2.21. The number of aliphatic imine (C=N–C) groups is 2. The average Bonchev–Trinajstić information content (AvgIpc) is 2.45. The minimum absolute atomic E-state index is 0.00895. The summed E-state index contributed by atoms with van der Waals surface area (Å²) in [4.78, 5) is 27.9. The summed E-state index contributed by atoms with van der Waals surface area (Å²) in [7, 11) is 0. The largest absolute Gasteiger partial charge is 0.235 e. The third kappa shape index (κ3) is 5.08. The highest BCUT2D eigenvalue weighted by molar-refractivity contribution is 5.35. The van der Waals surface area contributed by atoms with Gasteiger partial charge in [0.2, 0.25) is 12.2 Å². The van der Waals surface area contributed by atoms with Crippen LogP contribution in [0.15, 0.2) is 33.8 Å². The van der Waals surface area contributed by atoms with E-state index in [9.17, 15) is 9.59 Å². The van der Waals surface area contributed by atoms with Gasteiger partial charge in [-0.05, 0) is 51.4 Å². The first kappa shape index (κ1) is 16.3. The Morgan fingerprint density at radius 2 is 2.20 bits per heavy atom. The van der Waals surface area contributed by atoms with Crippen molar-refractivity contribution in [2.75, 3.05) is 6.54 Å². The molecule has 0 aliphatic heterocycles. The van der Waals surface area contributed by atoms with E-state index in [-0.39, 0.29) is 6.04 Å². The molecule has 0 amide bonds. The molecule has 0 spiro atoms. The Balaban J connectivity index is 2.68. The van der Waals surface area contributed by atoms with Crippen molar-refractivity contribution < 1.29 is 9.59 Å². The summed E-state index contributed by atoms with van der Waals surface area (Å²) in [5, 5.41) is 0. The minimum atomic E-state index is 0.00895. The zero-order chi connectivity index (χ0) is 14.8. The van der Waals surface area contributed by atoms with Crippen molar-refractivity contribution in [3.63, 3.8) is 0 Å². The number of isocyanates is 2. The van der Waals surface area contributed by atoms with E-state index >= 15 is 0 Å². The van der Waals surface area contributed by atoms with Crippen LogP contribution in [0.3, 0.4) is 0 Å². The summed E-state index contributed by atoms with van der Waals surface area (Å²) in [6, 6.07) is 0.00895. The molecule has 1 aliphatic carbocycles. The Hall–Kier alpha value is -1.76. The van der Waals surface area contributed by atoms with E-state index in [4.69, 9.17) is 0 Å². The third-order valence-corrected chi connectivity index (χ3v) is 3.85. The standard InChI is InChI=1S/C16H22N2O2/c1-3-5-14(6-4-9-17-11-19)15-7-8-16(18-12-20)13(2)10-15/h3,5,10,14-16H,4,6-9H2,1-2H3/b5-3+. The molecular formula is C16H22N2O2. The fourth-order valence-corrected chi connectivity index (χ4v) is 2.83. The number of allylic oxidation sites excluding steroid dienone is 3. The Bertz CT molecular complexity index is 455. The van der Waals surface area contributed by atoms with Crippen LogP contribution in [0.2, 0.25) is 0 Å². The first-order valence-corrected chi connectivity index (χ1v) is 7.14. The quantitative estimate of drug-likeness (QED) is 0.309. The Morgan fingerprint density at radius 3 is 2.80 bits per heavy atom. The molecule has 4 nitrogen and oxygen atoms in total. The van der Waals surface area contributed by atoms with Crippen LogP contribution in [0.5, 0.6) is 0 Å². The van der Waals surface area contributed by atoms with Gasteiger partial charge in [0.25, 0.3) is 0 Å². The van der Waals surface area contributed by atoms with Crippen LogP contribution in [0.4, 0.5) is 0 Å². The second-order valence-electron chi connectivity index (χ2n) is 5.19. The van der Waals surface area contributed by atoms with E-state index in [1.54, 1.807) is 12.2 Å². The van der Waals surface area contributed by atoms with Crippen LogP contribution >= 0.6 is 0 Å². The van der Waals surface area contributed by atoms with Gasteiger partial charge in [0.1, 0.15) is 0 Å². The monoisotopic (exact) mass is 274 g/mol. The normalized spacial score (nSPS) is 23.6. The van der Waals surface area contributed by atoms with Crippen LogP contribution in [-0.4, -0.2) is 24.7 Å². The first-order chi connectivity index (χ1) is 9.72. The summed E-state index contributed by atoms with van der Waals surface area (Å²) in [6.45, 7) is 4.60. The fourth-order valence-electron chi connectivity index (χ4n) is 2.83. The minimum Gasteiger partial charge on any atom is -0.211 e. The number of rotatable bonds is 7. The van der Waals surface area contributed by atoms with Crippen LogP contribution in [0, 0.1) is 11.8 Å². The maximum absolute atomic E-state index is 10.4. The zero-order valence-corrected chi connectivity index (χ0v) is 12.2. The van der Waals surface area contributed by atoms with E-state index in [0.29, 0.717) is 18.4 Å². The smallest absolute Gasteiger partial charge is 0.211 e. The molecule has 0 saturated heterocycles. The lowest BCUT2D eigenvalue weighted by Gasteiger charge is -2.28. The molecule has 0 bridgehead atoms. The number of nitrogens with zero attached hydrogens (tertiary/aromatic N) is 2. The van der Waals surface area contributed by atoms with E-state index < -0.39 is 0 Å². The fraction of sp³-hybridized carbons (Fsp3) is 0.625. The van der Waals surface area contributed by atoms with Gasteiger partial charge in [0, 0.05) is 0 Å². The molecule has 0 heterocycles. The van der Waals surface area contributed by atoms with Gasteiger partial charge in [-0.1, -0.05) is 23.8 Å². The van der Waals surface area contributed by atoms with Gasteiger partial charge in [0.15, 0.2) is 0 Å². The van der Waals surface area contributed by atoms with Crippen LogP contribution in [0.25, 0.3) is 0 Å². The molecule has 20 heavy (non-hydrogen) atoms. The van der Waals surface area contributed by atoms with E-state index in [2.05, 4.69) is 28.2 Å². The first-order valence-electron chi connectivity index (χ1n) is 7.14. The van der Waals surface area contributed by atoms with Gasteiger partial charge < -0.3 is 0 Å². The van der Waals surface area contributed by atoms with Crippen molar-refractivity contribution in [3.8, 4) is 0 Å². The number of carbonyl (C=O) groups excluding carboxylic acids is 2. The Kier molecular flexibility index (Phi) is 7.49. The summed E-state index contributed by atoms with van der Waals surface area (Å²) < 4.78 is 0. The van der Waals surface area contributed by atoms with Gasteiger partial charge >= 0.3 is 0 Å². The highest BCUT2D eigenvalue weighted by Crippen LogP contribution is 2.33. The van der Waals surface area contributed by atoms with Gasteiger partial charge in [-0.15, -0.1) is 0 Å². The van der Waals surface area contributed by atoms with Crippen molar-refractivity contribution in [1.82, 2.24) is 0 Å². The second kappa shape index (κ2) is 9.19. The molecule has 108 valence electrons. The average molecular weight is 274 g/mol.